The molecular formula is C12H14N2O2S. The van der Waals surface area contributed by atoms with Gasteiger partial charge in [0.1, 0.15) is 0 Å². The minimum atomic E-state index is -0.957. The lowest BCUT2D eigenvalue weighted by atomic mass is 9.97. The van der Waals surface area contributed by atoms with Gasteiger partial charge in [-0.3, -0.25) is 0 Å². The minimum Gasteiger partial charge on any atom is -0.478 e. The van der Waals surface area contributed by atoms with Gasteiger partial charge in [-0.2, -0.15) is 0 Å². The second-order valence-corrected chi connectivity index (χ2v) is 4.85. The smallest absolute Gasteiger partial charge is 0.337 e. The highest BCUT2D eigenvalue weighted by molar-refractivity contribution is 7.13. The second-order valence-electron chi connectivity index (χ2n) is 3.96. The van der Waals surface area contributed by atoms with Gasteiger partial charge >= 0.3 is 5.97 Å². The number of anilines is 1. The highest BCUT2D eigenvalue weighted by Gasteiger charge is 2.14. The summed E-state index contributed by atoms with van der Waals surface area (Å²) in [7, 11) is 0. The predicted molar refractivity (Wildman–Crippen MR) is 68.7 cm³/mol. The molecule has 0 saturated heterocycles. The first-order valence-corrected chi connectivity index (χ1v) is 6.40. The van der Waals surface area contributed by atoms with Crippen molar-refractivity contribution in [2.45, 2.75) is 25.7 Å². The van der Waals surface area contributed by atoms with E-state index in [0.717, 1.165) is 24.8 Å². The maximum atomic E-state index is 11.2. The molecule has 2 rings (SSSR count). The Labute approximate surface area is 103 Å². The van der Waals surface area contributed by atoms with Crippen molar-refractivity contribution in [2.75, 3.05) is 5.73 Å². The molecule has 0 fully saturated rings. The molecule has 0 aliphatic heterocycles. The predicted octanol–water partition coefficient (Wildman–Crippen LogP) is 2.69. The first-order valence-electron chi connectivity index (χ1n) is 5.52. The topological polar surface area (TPSA) is 76.2 Å². The molecule has 90 valence electrons. The van der Waals surface area contributed by atoms with E-state index >= 15 is 0 Å². The molecule has 1 aliphatic rings. The van der Waals surface area contributed by atoms with Crippen LogP contribution in [0.1, 0.15) is 31.4 Å². The van der Waals surface area contributed by atoms with Gasteiger partial charge in [0.15, 0.2) is 5.13 Å². The number of allylic oxidation sites excluding steroid dienone is 3. The van der Waals surface area contributed by atoms with Crippen LogP contribution in [0.5, 0.6) is 0 Å². The molecule has 3 N–H and O–H groups in total. The number of carboxylic acid groups (broad SMARTS) is 1. The van der Waals surface area contributed by atoms with Crippen LogP contribution in [-0.2, 0) is 4.79 Å². The van der Waals surface area contributed by atoms with Crippen LogP contribution in [0.2, 0.25) is 0 Å². The Bertz CT molecular complexity index is 488. The standard InChI is InChI=1S/C12H14N2O2S/c13-12-14-10(7-17-12)9(11(15)16)6-8-4-2-1-3-5-8/h4,6-7H,1-3,5H2,(H2,13,14)(H,15,16). The molecule has 0 atom stereocenters. The third-order valence-electron chi connectivity index (χ3n) is 2.68. The van der Waals surface area contributed by atoms with Gasteiger partial charge in [0.2, 0.25) is 0 Å². The molecule has 5 heteroatoms. The summed E-state index contributed by atoms with van der Waals surface area (Å²) < 4.78 is 0. The van der Waals surface area contributed by atoms with Gasteiger partial charge in [-0.1, -0.05) is 11.6 Å². The van der Waals surface area contributed by atoms with Crippen molar-refractivity contribution in [1.29, 1.82) is 0 Å². The lowest BCUT2D eigenvalue weighted by molar-refractivity contribution is -0.130. The third-order valence-corrected chi connectivity index (χ3v) is 3.36. The monoisotopic (exact) mass is 250 g/mol. The lowest BCUT2D eigenvalue weighted by Crippen LogP contribution is -2.02. The number of carboxylic acids is 1. The van der Waals surface area contributed by atoms with E-state index in [-0.39, 0.29) is 5.57 Å². The van der Waals surface area contributed by atoms with Crippen LogP contribution < -0.4 is 5.73 Å². The molecule has 0 bridgehead atoms. The van der Waals surface area contributed by atoms with Crippen LogP contribution in [0.15, 0.2) is 23.1 Å². The summed E-state index contributed by atoms with van der Waals surface area (Å²) in [6, 6.07) is 0. The summed E-state index contributed by atoms with van der Waals surface area (Å²) in [6.07, 6.45) is 8.09. The minimum absolute atomic E-state index is 0.228. The Kier molecular flexibility index (Phi) is 3.58. The van der Waals surface area contributed by atoms with E-state index in [1.165, 1.54) is 17.8 Å². The highest BCUT2D eigenvalue weighted by Crippen LogP contribution is 2.25. The SMILES string of the molecule is Nc1nc(C(=CC2=CCCCC2)C(=O)O)cs1. The zero-order chi connectivity index (χ0) is 12.3. The molecule has 4 nitrogen and oxygen atoms in total. The first-order chi connectivity index (χ1) is 8.16. The molecule has 0 amide bonds. The zero-order valence-electron chi connectivity index (χ0n) is 9.35. The van der Waals surface area contributed by atoms with E-state index in [1.807, 2.05) is 0 Å². The van der Waals surface area contributed by atoms with Crippen molar-refractivity contribution in [2.24, 2.45) is 0 Å². The number of hydrogen-bond donors (Lipinski definition) is 2. The lowest BCUT2D eigenvalue weighted by Gasteiger charge is -2.09. The molecule has 1 aromatic rings. The van der Waals surface area contributed by atoms with Gasteiger partial charge in [0.05, 0.1) is 11.3 Å². The van der Waals surface area contributed by atoms with E-state index in [2.05, 4.69) is 11.1 Å². The van der Waals surface area contributed by atoms with Gasteiger partial charge in [-0.15, -0.1) is 11.3 Å². The maximum absolute atomic E-state index is 11.2. The number of nitrogens with two attached hydrogens (primary N) is 1. The van der Waals surface area contributed by atoms with Crippen molar-refractivity contribution >= 4 is 28.0 Å². The van der Waals surface area contributed by atoms with Crippen LogP contribution in [0.25, 0.3) is 5.57 Å². The Morgan fingerprint density at radius 3 is 2.88 bits per heavy atom. The van der Waals surface area contributed by atoms with E-state index in [0.29, 0.717) is 10.8 Å². The molecule has 1 aromatic heterocycles. The van der Waals surface area contributed by atoms with Gasteiger partial charge in [0.25, 0.3) is 0 Å². The average Bonchev–Trinajstić information content (AvgIpc) is 2.73. The summed E-state index contributed by atoms with van der Waals surface area (Å²) in [5.41, 5.74) is 7.28. The molecule has 17 heavy (non-hydrogen) atoms. The van der Waals surface area contributed by atoms with Gasteiger partial charge < -0.3 is 10.8 Å². The Hall–Kier alpha value is -1.62. The Morgan fingerprint density at radius 2 is 2.35 bits per heavy atom. The van der Waals surface area contributed by atoms with E-state index in [9.17, 15) is 9.90 Å². The fourth-order valence-corrected chi connectivity index (χ4v) is 2.40. The quantitative estimate of drug-likeness (QED) is 0.809. The number of thiazole rings is 1. The number of hydrogen-bond acceptors (Lipinski definition) is 4. The summed E-state index contributed by atoms with van der Waals surface area (Å²) in [6.45, 7) is 0. The number of aliphatic carboxylic acids is 1. The molecule has 0 saturated carbocycles. The van der Waals surface area contributed by atoms with Crippen LogP contribution in [0, 0.1) is 0 Å². The van der Waals surface area contributed by atoms with Crippen LogP contribution in [-0.4, -0.2) is 16.1 Å². The van der Waals surface area contributed by atoms with Crippen LogP contribution in [0.3, 0.4) is 0 Å². The average molecular weight is 250 g/mol. The van der Waals surface area contributed by atoms with Crippen molar-refractivity contribution < 1.29 is 9.90 Å². The van der Waals surface area contributed by atoms with E-state index in [4.69, 9.17) is 5.73 Å². The number of nitrogen functional groups attached to an aromatic ring is 1. The number of rotatable bonds is 3. The van der Waals surface area contributed by atoms with Gasteiger partial charge in [-0.25, -0.2) is 9.78 Å². The fourth-order valence-electron chi connectivity index (χ4n) is 1.84. The van der Waals surface area contributed by atoms with E-state index < -0.39 is 5.97 Å². The highest BCUT2D eigenvalue weighted by atomic mass is 32.1. The summed E-state index contributed by atoms with van der Waals surface area (Å²) in [5.74, 6) is -0.957. The Balaban J connectivity index is 2.32. The first kappa shape index (κ1) is 11.9. The third kappa shape index (κ3) is 2.94. The Morgan fingerprint density at radius 1 is 1.53 bits per heavy atom. The van der Waals surface area contributed by atoms with E-state index in [1.54, 1.807) is 11.5 Å². The molecule has 1 aliphatic carbocycles. The maximum Gasteiger partial charge on any atom is 0.337 e. The van der Waals surface area contributed by atoms with Crippen LogP contribution >= 0.6 is 11.3 Å². The van der Waals surface area contributed by atoms with Gasteiger partial charge in [0, 0.05) is 5.38 Å². The number of carbonyl (C=O) groups is 1. The molecule has 0 unspecified atom stereocenters. The van der Waals surface area contributed by atoms with Crippen molar-refractivity contribution in [3.8, 4) is 0 Å². The summed E-state index contributed by atoms with van der Waals surface area (Å²) in [5, 5.41) is 11.3. The molecular weight excluding hydrogens is 236 g/mol. The van der Waals surface area contributed by atoms with Crippen molar-refractivity contribution in [3.63, 3.8) is 0 Å². The molecule has 0 spiro atoms. The van der Waals surface area contributed by atoms with Crippen LogP contribution in [0.4, 0.5) is 5.13 Å². The van der Waals surface area contributed by atoms with Gasteiger partial charge in [-0.05, 0) is 31.8 Å². The normalized spacial score (nSPS) is 16.7. The van der Waals surface area contributed by atoms with Crippen molar-refractivity contribution in [3.05, 3.63) is 28.8 Å². The fraction of sp³-hybridized carbons (Fsp3) is 0.333. The largest absolute Gasteiger partial charge is 0.478 e. The molecule has 0 aromatic carbocycles. The summed E-state index contributed by atoms with van der Waals surface area (Å²) in [4.78, 5) is 15.2. The number of aromatic nitrogens is 1. The molecule has 0 radical (unpaired) electrons. The summed E-state index contributed by atoms with van der Waals surface area (Å²) >= 11 is 1.26. The second kappa shape index (κ2) is 5.14. The number of nitrogens with zero attached hydrogens (tertiary/aromatic N) is 1. The zero-order valence-corrected chi connectivity index (χ0v) is 10.2. The molecule has 1 heterocycles. The van der Waals surface area contributed by atoms with Crippen molar-refractivity contribution in [1.82, 2.24) is 4.98 Å².